The first-order chi connectivity index (χ1) is 8.66. The first-order valence-electron chi connectivity index (χ1n) is 5.40. The van der Waals surface area contributed by atoms with E-state index >= 15 is 0 Å². The van der Waals surface area contributed by atoms with E-state index in [1.54, 1.807) is 25.5 Å². The molecule has 0 fully saturated rings. The molecular weight excluding hydrogens is 234 g/mol. The van der Waals surface area contributed by atoms with E-state index in [2.05, 4.69) is 15.0 Å². The van der Waals surface area contributed by atoms with E-state index in [4.69, 9.17) is 0 Å². The van der Waals surface area contributed by atoms with Crippen molar-refractivity contribution >= 4 is 5.91 Å². The van der Waals surface area contributed by atoms with Crippen LogP contribution in [-0.4, -0.2) is 37.4 Å². The molecule has 94 valence electrons. The molecule has 2 aromatic heterocycles. The quantitative estimate of drug-likeness (QED) is 0.798. The normalized spacial score (nSPS) is 10.3. The Morgan fingerprint density at radius 2 is 2.28 bits per heavy atom. The van der Waals surface area contributed by atoms with Gasteiger partial charge in [-0.3, -0.25) is 9.36 Å². The Bertz CT molecular complexity index is 575. The third kappa shape index (κ3) is 2.82. The minimum absolute atomic E-state index is 0.0239. The van der Waals surface area contributed by atoms with Gasteiger partial charge < -0.3 is 9.88 Å². The second kappa shape index (κ2) is 5.26. The molecule has 0 radical (unpaired) electrons. The second-order valence-electron chi connectivity index (χ2n) is 3.82. The maximum atomic E-state index is 11.9. The zero-order chi connectivity index (χ0) is 13.0. The van der Waals surface area contributed by atoms with E-state index in [9.17, 15) is 9.59 Å². The summed E-state index contributed by atoms with van der Waals surface area (Å²) in [6, 6.07) is 1.61. The molecule has 0 aliphatic rings. The highest BCUT2D eigenvalue weighted by atomic mass is 16.2. The molecule has 0 unspecified atom stereocenters. The predicted molar refractivity (Wildman–Crippen MR) is 63.6 cm³/mol. The molecule has 0 saturated heterocycles. The van der Waals surface area contributed by atoms with Crippen molar-refractivity contribution in [2.24, 2.45) is 0 Å². The molecule has 1 amide bonds. The number of hydrogen-bond donors (Lipinski definition) is 1. The second-order valence-corrected chi connectivity index (χ2v) is 3.82. The number of hydrogen-bond acceptors (Lipinski definition) is 4. The number of imidazole rings is 1. The van der Waals surface area contributed by atoms with Crippen LogP contribution in [0.2, 0.25) is 0 Å². The van der Waals surface area contributed by atoms with E-state index in [0.29, 0.717) is 12.4 Å². The van der Waals surface area contributed by atoms with Crippen LogP contribution in [-0.2, 0) is 17.9 Å². The lowest BCUT2D eigenvalue weighted by molar-refractivity contribution is -0.131. The number of carbonyl (C=O) groups is 1. The number of carbonyl (C=O) groups excluding carboxylic acids is 1. The average Bonchev–Trinajstić information content (AvgIpc) is 2.84. The summed E-state index contributed by atoms with van der Waals surface area (Å²) >= 11 is 0. The maximum absolute atomic E-state index is 11.9. The lowest BCUT2D eigenvalue weighted by atomic mass is 10.4. The van der Waals surface area contributed by atoms with Crippen molar-refractivity contribution < 1.29 is 4.79 Å². The summed E-state index contributed by atoms with van der Waals surface area (Å²) in [4.78, 5) is 35.3. The third-order valence-electron chi connectivity index (χ3n) is 2.46. The smallest absolute Gasteiger partial charge is 0.347 e. The van der Waals surface area contributed by atoms with Crippen LogP contribution in [0.5, 0.6) is 0 Å². The van der Waals surface area contributed by atoms with Gasteiger partial charge in [0, 0.05) is 31.8 Å². The topological polar surface area (TPSA) is 83.9 Å². The first-order valence-corrected chi connectivity index (χ1v) is 5.40. The molecule has 2 rings (SSSR count). The Balaban J connectivity index is 2.00. The molecule has 1 N–H and O–H groups in total. The van der Waals surface area contributed by atoms with Gasteiger partial charge in [0.1, 0.15) is 12.4 Å². The highest BCUT2D eigenvalue weighted by molar-refractivity contribution is 5.75. The fourth-order valence-corrected chi connectivity index (χ4v) is 1.47. The van der Waals surface area contributed by atoms with Gasteiger partial charge in [-0.25, -0.2) is 14.8 Å². The number of H-pyrrole nitrogens is 1. The maximum Gasteiger partial charge on any atom is 0.347 e. The Kier molecular flexibility index (Phi) is 3.52. The molecule has 0 spiro atoms. The number of aromatic amines is 1. The summed E-state index contributed by atoms with van der Waals surface area (Å²) in [6.07, 6.45) is 6.25. The fraction of sp³-hybridized carbons (Fsp3) is 0.273. The summed E-state index contributed by atoms with van der Waals surface area (Å²) in [6.45, 7) is 0.352. The zero-order valence-corrected chi connectivity index (χ0v) is 9.91. The average molecular weight is 247 g/mol. The van der Waals surface area contributed by atoms with E-state index in [0.717, 1.165) is 0 Å². The standard InChI is InChI=1S/C11H13N5O2/c1-15(7-9-12-4-5-13-9)10(17)8-16-6-2-3-14-11(16)18/h2-6H,7-8H2,1H3,(H,12,13). The lowest BCUT2D eigenvalue weighted by Crippen LogP contribution is -2.34. The van der Waals surface area contributed by atoms with Gasteiger partial charge in [0.2, 0.25) is 5.91 Å². The van der Waals surface area contributed by atoms with E-state index in [-0.39, 0.29) is 12.5 Å². The van der Waals surface area contributed by atoms with Crippen molar-refractivity contribution in [2.75, 3.05) is 7.05 Å². The SMILES string of the molecule is CN(Cc1ncc[nH]1)C(=O)Cn1cccnc1=O. The minimum atomic E-state index is -0.433. The van der Waals surface area contributed by atoms with Gasteiger partial charge in [-0.05, 0) is 6.07 Å². The fourth-order valence-electron chi connectivity index (χ4n) is 1.47. The van der Waals surface area contributed by atoms with Crippen LogP contribution in [0.4, 0.5) is 0 Å². The monoisotopic (exact) mass is 247 g/mol. The zero-order valence-electron chi connectivity index (χ0n) is 9.91. The van der Waals surface area contributed by atoms with Crippen LogP contribution in [0.3, 0.4) is 0 Å². The number of nitrogens with zero attached hydrogens (tertiary/aromatic N) is 4. The highest BCUT2D eigenvalue weighted by Crippen LogP contribution is 1.97. The largest absolute Gasteiger partial charge is 0.347 e. The molecular formula is C11H13N5O2. The van der Waals surface area contributed by atoms with Crippen molar-refractivity contribution in [3.63, 3.8) is 0 Å². The van der Waals surface area contributed by atoms with Crippen LogP contribution in [0.15, 0.2) is 35.6 Å². The minimum Gasteiger partial charge on any atom is -0.347 e. The Morgan fingerprint density at radius 1 is 1.44 bits per heavy atom. The van der Waals surface area contributed by atoms with Crippen LogP contribution in [0, 0.1) is 0 Å². The number of nitrogens with one attached hydrogen (secondary N) is 1. The van der Waals surface area contributed by atoms with Crippen LogP contribution >= 0.6 is 0 Å². The predicted octanol–water partition coefficient (Wildman–Crippen LogP) is -0.375. The van der Waals surface area contributed by atoms with Gasteiger partial charge in [-0.1, -0.05) is 0 Å². The van der Waals surface area contributed by atoms with E-state index in [1.165, 1.54) is 21.9 Å². The molecule has 0 aromatic carbocycles. The van der Waals surface area contributed by atoms with Crippen LogP contribution in [0.1, 0.15) is 5.82 Å². The van der Waals surface area contributed by atoms with Crippen molar-refractivity contribution in [2.45, 2.75) is 13.1 Å². The summed E-state index contributed by atoms with van der Waals surface area (Å²) in [5.74, 6) is 0.519. The van der Waals surface area contributed by atoms with Crippen molar-refractivity contribution in [1.82, 2.24) is 24.4 Å². The van der Waals surface area contributed by atoms with Crippen LogP contribution < -0.4 is 5.69 Å². The summed E-state index contributed by atoms with van der Waals surface area (Å²) in [5, 5.41) is 0. The Labute approximate surface area is 103 Å². The van der Waals surface area contributed by atoms with Crippen LogP contribution in [0.25, 0.3) is 0 Å². The number of aromatic nitrogens is 4. The Morgan fingerprint density at radius 3 is 2.94 bits per heavy atom. The molecule has 18 heavy (non-hydrogen) atoms. The van der Waals surface area contributed by atoms with Gasteiger partial charge in [0.25, 0.3) is 0 Å². The highest BCUT2D eigenvalue weighted by Gasteiger charge is 2.11. The van der Waals surface area contributed by atoms with Crippen molar-refractivity contribution in [3.05, 3.63) is 47.2 Å². The molecule has 0 aliphatic carbocycles. The van der Waals surface area contributed by atoms with Gasteiger partial charge in [0.15, 0.2) is 0 Å². The molecule has 7 heteroatoms. The van der Waals surface area contributed by atoms with Crippen molar-refractivity contribution in [3.8, 4) is 0 Å². The molecule has 2 heterocycles. The van der Waals surface area contributed by atoms with Gasteiger partial charge in [0.05, 0.1) is 6.54 Å². The molecule has 0 saturated carbocycles. The lowest BCUT2D eigenvalue weighted by Gasteiger charge is -2.16. The number of likely N-dealkylation sites (N-methyl/N-ethyl adjacent to an activating group) is 1. The molecule has 7 nitrogen and oxygen atoms in total. The molecule has 0 atom stereocenters. The Hall–Kier alpha value is -2.44. The molecule has 0 aliphatic heterocycles. The van der Waals surface area contributed by atoms with Crippen molar-refractivity contribution in [1.29, 1.82) is 0 Å². The molecule has 2 aromatic rings. The van der Waals surface area contributed by atoms with Gasteiger partial charge in [-0.2, -0.15) is 0 Å². The summed E-state index contributed by atoms with van der Waals surface area (Å²) < 4.78 is 1.26. The third-order valence-corrected chi connectivity index (χ3v) is 2.46. The summed E-state index contributed by atoms with van der Waals surface area (Å²) in [7, 11) is 1.66. The van der Waals surface area contributed by atoms with Gasteiger partial charge in [-0.15, -0.1) is 0 Å². The van der Waals surface area contributed by atoms with E-state index < -0.39 is 5.69 Å². The number of amides is 1. The number of rotatable bonds is 4. The first kappa shape index (κ1) is 12.0. The van der Waals surface area contributed by atoms with Gasteiger partial charge >= 0.3 is 5.69 Å². The van der Waals surface area contributed by atoms with E-state index in [1.807, 2.05) is 0 Å². The molecule has 0 bridgehead atoms. The summed E-state index contributed by atoms with van der Waals surface area (Å²) in [5.41, 5.74) is -0.433.